The second-order valence-electron chi connectivity index (χ2n) is 9.02. The van der Waals surface area contributed by atoms with Crippen LogP contribution in [0.4, 0.5) is 11.4 Å². The number of phenolic OH excluding ortho intramolecular Hbond substituents is 1. The van der Waals surface area contributed by atoms with Gasteiger partial charge in [-0.25, -0.2) is 4.79 Å². The maximum atomic E-state index is 11.4. The van der Waals surface area contributed by atoms with Crippen LogP contribution in [0.25, 0.3) is 22.9 Å². The van der Waals surface area contributed by atoms with Crippen molar-refractivity contribution < 1.29 is 24.9 Å². The van der Waals surface area contributed by atoms with E-state index in [-0.39, 0.29) is 22.9 Å². The van der Waals surface area contributed by atoms with Gasteiger partial charge in [-0.2, -0.15) is 0 Å². The Labute approximate surface area is 219 Å². The standard InChI is InChI=1S/C30H27N3O5/c1-38-18-19-13-15-22(16-14-19)33-26-12-4-2-3-9-24(26)27(29(33)35)32-31-25-11-6-10-23(28(25)34)20-7-5-8-21(17-20)30(36)37/h3,5-11,13-17,34-35H,2,4,12,18H2,1H3,(H,36,37). The molecule has 8 nitrogen and oxygen atoms in total. The van der Waals surface area contributed by atoms with Crippen molar-refractivity contribution in [2.45, 2.75) is 25.9 Å². The number of aromatic nitrogens is 1. The topological polar surface area (TPSA) is 117 Å². The summed E-state index contributed by atoms with van der Waals surface area (Å²) in [6, 6.07) is 19.1. The molecular formula is C30H27N3O5. The van der Waals surface area contributed by atoms with Crippen LogP contribution in [0.5, 0.6) is 11.6 Å². The monoisotopic (exact) mass is 509 g/mol. The number of ether oxygens (including phenoxy) is 1. The summed E-state index contributed by atoms with van der Waals surface area (Å²) in [5.41, 5.74) is 5.16. The van der Waals surface area contributed by atoms with Gasteiger partial charge in [0.25, 0.3) is 0 Å². The average Bonchev–Trinajstić information content (AvgIpc) is 3.04. The molecule has 1 heterocycles. The quantitative estimate of drug-likeness (QED) is 0.228. The van der Waals surface area contributed by atoms with Gasteiger partial charge in [-0.3, -0.25) is 4.57 Å². The normalized spacial score (nSPS) is 13.0. The van der Waals surface area contributed by atoms with Crippen molar-refractivity contribution >= 4 is 23.4 Å². The molecule has 0 radical (unpaired) electrons. The van der Waals surface area contributed by atoms with Gasteiger partial charge in [0.15, 0.2) is 11.4 Å². The average molecular weight is 510 g/mol. The summed E-state index contributed by atoms with van der Waals surface area (Å²) in [5.74, 6) is -1.22. The number of aromatic hydroxyl groups is 2. The van der Waals surface area contributed by atoms with Gasteiger partial charge in [-0.05, 0) is 60.7 Å². The van der Waals surface area contributed by atoms with Crippen molar-refractivity contribution in [3.63, 3.8) is 0 Å². The van der Waals surface area contributed by atoms with E-state index in [1.165, 1.54) is 12.1 Å². The summed E-state index contributed by atoms with van der Waals surface area (Å²) < 4.78 is 7.00. The smallest absolute Gasteiger partial charge is 0.335 e. The zero-order valence-electron chi connectivity index (χ0n) is 20.8. The molecule has 0 atom stereocenters. The molecule has 0 spiro atoms. The molecule has 0 aliphatic heterocycles. The summed E-state index contributed by atoms with van der Waals surface area (Å²) in [6.07, 6.45) is 6.62. The number of benzene rings is 3. The molecule has 3 aromatic carbocycles. The van der Waals surface area contributed by atoms with E-state index in [0.29, 0.717) is 23.4 Å². The summed E-state index contributed by atoms with van der Waals surface area (Å²) in [7, 11) is 1.65. The van der Waals surface area contributed by atoms with Crippen molar-refractivity contribution in [1.29, 1.82) is 0 Å². The predicted octanol–water partition coefficient (Wildman–Crippen LogP) is 7.17. The molecule has 0 fully saturated rings. The lowest BCUT2D eigenvalue weighted by atomic mass is 10.0. The molecule has 1 aliphatic carbocycles. The zero-order valence-corrected chi connectivity index (χ0v) is 20.8. The SMILES string of the molecule is COCc1ccc(-n2c(O)c(N=Nc3cccc(-c4cccc(C(=O)O)c4)c3O)c3c2CCCC=C3)cc1. The van der Waals surface area contributed by atoms with E-state index in [9.17, 15) is 20.1 Å². The molecular weight excluding hydrogens is 482 g/mol. The third-order valence-electron chi connectivity index (χ3n) is 6.53. The zero-order chi connectivity index (χ0) is 26.6. The first kappa shape index (κ1) is 25.0. The number of methoxy groups -OCH3 is 1. The molecule has 5 rings (SSSR count). The van der Waals surface area contributed by atoms with E-state index in [1.807, 2.05) is 30.3 Å². The Hall–Kier alpha value is -4.69. The minimum Gasteiger partial charge on any atom is -0.505 e. The first-order chi connectivity index (χ1) is 18.5. The van der Waals surface area contributed by atoms with Crippen LogP contribution in [0.15, 0.2) is 83.0 Å². The summed E-state index contributed by atoms with van der Waals surface area (Å²) in [6.45, 7) is 0.501. The third kappa shape index (κ3) is 4.81. The highest BCUT2D eigenvalue weighted by molar-refractivity contribution is 5.90. The largest absolute Gasteiger partial charge is 0.505 e. The lowest BCUT2D eigenvalue weighted by Crippen LogP contribution is -2.01. The molecule has 192 valence electrons. The second kappa shape index (κ2) is 10.7. The van der Waals surface area contributed by atoms with Crippen molar-refractivity contribution in [3.8, 4) is 28.4 Å². The lowest BCUT2D eigenvalue weighted by molar-refractivity contribution is 0.0697. The number of phenols is 1. The number of allylic oxidation sites excluding steroid dienone is 1. The Bertz CT molecular complexity index is 1550. The van der Waals surface area contributed by atoms with Gasteiger partial charge in [0.2, 0.25) is 5.88 Å². The van der Waals surface area contributed by atoms with E-state index in [1.54, 1.807) is 42.0 Å². The molecule has 38 heavy (non-hydrogen) atoms. The number of hydrogen-bond donors (Lipinski definition) is 3. The first-order valence-electron chi connectivity index (χ1n) is 12.3. The Balaban J connectivity index is 1.56. The molecule has 0 amide bonds. The molecule has 0 unspecified atom stereocenters. The summed E-state index contributed by atoms with van der Waals surface area (Å²) >= 11 is 0. The molecule has 8 heteroatoms. The van der Waals surface area contributed by atoms with E-state index in [4.69, 9.17) is 4.74 Å². The summed E-state index contributed by atoms with van der Waals surface area (Å²) in [5, 5.41) is 40.3. The van der Waals surface area contributed by atoms with Crippen LogP contribution >= 0.6 is 0 Å². The fraction of sp³-hybridized carbons (Fsp3) is 0.167. The molecule has 1 aromatic heterocycles. The van der Waals surface area contributed by atoms with Crippen molar-refractivity contribution in [3.05, 3.63) is 95.2 Å². The van der Waals surface area contributed by atoms with Gasteiger partial charge in [-0.15, -0.1) is 10.2 Å². The number of fused-ring (bicyclic) bond motifs is 1. The van der Waals surface area contributed by atoms with Crippen molar-refractivity contribution in [2.24, 2.45) is 10.2 Å². The Kier molecular flexibility index (Phi) is 7.06. The Morgan fingerprint density at radius 2 is 1.82 bits per heavy atom. The van der Waals surface area contributed by atoms with Crippen LogP contribution < -0.4 is 0 Å². The highest BCUT2D eigenvalue weighted by Gasteiger charge is 2.23. The molecule has 1 aliphatic rings. The predicted molar refractivity (Wildman–Crippen MR) is 145 cm³/mol. The highest BCUT2D eigenvalue weighted by Crippen LogP contribution is 2.44. The third-order valence-corrected chi connectivity index (χ3v) is 6.53. The Morgan fingerprint density at radius 3 is 2.58 bits per heavy atom. The van der Waals surface area contributed by atoms with Crippen LogP contribution in [-0.4, -0.2) is 33.0 Å². The second-order valence-corrected chi connectivity index (χ2v) is 9.02. The fourth-order valence-corrected chi connectivity index (χ4v) is 4.67. The number of hydrogen-bond acceptors (Lipinski definition) is 6. The first-order valence-corrected chi connectivity index (χ1v) is 12.3. The van der Waals surface area contributed by atoms with Gasteiger partial charge >= 0.3 is 5.97 Å². The molecule has 3 N–H and O–H groups in total. The molecule has 0 saturated heterocycles. The maximum absolute atomic E-state index is 11.4. The summed E-state index contributed by atoms with van der Waals surface area (Å²) in [4.78, 5) is 11.4. The van der Waals surface area contributed by atoms with Crippen LogP contribution in [-0.2, 0) is 17.8 Å². The number of rotatable bonds is 7. The number of nitrogens with zero attached hydrogens (tertiary/aromatic N) is 3. The maximum Gasteiger partial charge on any atom is 0.335 e. The minimum absolute atomic E-state index is 0.0328. The molecule has 0 saturated carbocycles. The number of aromatic carboxylic acids is 1. The van der Waals surface area contributed by atoms with Gasteiger partial charge < -0.3 is 20.1 Å². The number of carboxylic acids is 1. The van der Waals surface area contributed by atoms with E-state index >= 15 is 0 Å². The van der Waals surface area contributed by atoms with Crippen molar-refractivity contribution in [1.82, 2.24) is 4.57 Å². The number of para-hydroxylation sites is 1. The van der Waals surface area contributed by atoms with E-state index < -0.39 is 5.97 Å². The van der Waals surface area contributed by atoms with E-state index in [0.717, 1.165) is 41.8 Å². The Morgan fingerprint density at radius 1 is 1.03 bits per heavy atom. The minimum atomic E-state index is -1.05. The van der Waals surface area contributed by atoms with Crippen LogP contribution in [0.2, 0.25) is 0 Å². The molecule has 0 bridgehead atoms. The van der Waals surface area contributed by atoms with Crippen LogP contribution in [0, 0.1) is 0 Å². The number of azo groups is 1. The van der Waals surface area contributed by atoms with Gasteiger partial charge in [0.05, 0.1) is 12.2 Å². The highest BCUT2D eigenvalue weighted by atomic mass is 16.5. The van der Waals surface area contributed by atoms with Gasteiger partial charge in [0.1, 0.15) is 5.69 Å². The fourth-order valence-electron chi connectivity index (χ4n) is 4.67. The van der Waals surface area contributed by atoms with Gasteiger partial charge in [-0.1, -0.05) is 48.6 Å². The van der Waals surface area contributed by atoms with E-state index in [2.05, 4.69) is 16.3 Å². The van der Waals surface area contributed by atoms with Gasteiger partial charge in [0, 0.05) is 29.6 Å². The lowest BCUT2D eigenvalue weighted by Gasteiger charge is -2.11. The van der Waals surface area contributed by atoms with Crippen LogP contribution in [0.3, 0.4) is 0 Å². The van der Waals surface area contributed by atoms with Crippen molar-refractivity contribution in [2.75, 3.05) is 7.11 Å². The molecule has 4 aromatic rings. The number of carbonyl (C=O) groups is 1. The van der Waals surface area contributed by atoms with Crippen LogP contribution in [0.1, 0.15) is 40.0 Å². The number of carboxylic acid groups (broad SMARTS) is 1.